The first-order valence-corrected chi connectivity index (χ1v) is 10.2. The fraction of sp³-hybridized carbons (Fsp3) is 0.348. The van der Waals surface area contributed by atoms with E-state index in [1.807, 2.05) is 61.5 Å². The second-order valence-electron chi connectivity index (χ2n) is 7.50. The number of benzene rings is 2. The van der Waals surface area contributed by atoms with E-state index in [2.05, 4.69) is 20.4 Å². The molecule has 0 unspecified atom stereocenters. The predicted molar refractivity (Wildman–Crippen MR) is 112 cm³/mol. The van der Waals surface area contributed by atoms with Gasteiger partial charge in [-0.3, -0.25) is 4.79 Å². The van der Waals surface area contributed by atoms with Gasteiger partial charge in [-0.1, -0.05) is 53.6 Å². The Labute approximate surface area is 170 Å². The van der Waals surface area contributed by atoms with E-state index in [0.29, 0.717) is 23.9 Å². The summed E-state index contributed by atoms with van der Waals surface area (Å²) in [5, 5.41) is 11.6. The lowest BCUT2D eigenvalue weighted by Gasteiger charge is -2.24. The average Bonchev–Trinajstić information content (AvgIpc) is 3.25. The molecule has 6 nitrogen and oxygen atoms in total. The van der Waals surface area contributed by atoms with Gasteiger partial charge in [-0.2, -0.15) is 0 Å². The van der Waals surface area contributed by atoms with Gasteiger partial charge in [0.05, 0.1) is 0 Å². The van der Waals surface area contributed by atoms with Crippen molar-refractivity contribution in [2.75, 3.05) is 18.0 Å². The first-order chi connectivity index (χ1) is 14.2. The van der Waals surface area contributed by atoms with Gasteiger partial charge in [-0.05, 0) is 43.4 Å². The average molecular weight is 390 g/mol. The Morgan fingerprint density at radius 2 is 1.76 bits per heavy atom. The minimum atomic E-state index is -0.393. The number of anilines is 1. The summed E-state index contributed by atoms with van der Waals surface area (Å²) in [7, 11) is 0. The Balaban J connectivity index is 1.57. The molecule has 1 atom stereocenters. The maximum Gasteiger partial charge on any atom is 0.318 e. The number of rotatable bonds is 6. The van der Waals surface area contributed by atoms with Crippen molar-refractivity contribution in [3.8, 4) is 0 Å². The summed E-state index contributed by atoms with van der Waals surface area (Å²) in [5.74, 6) is 0.304. The van der Waals surface area contributed by atoms with Crippen molar-refractivity contribution in [2.45, 2.75) is 38.6 Å². The highest BCUT2D eigenvalue weighted by atomic mass is 16.4. The molecule has 4 rings (SSSR count). The first kappa shape index (κ1) is 19.2. The van der Waals surface area contributed by atoms with Gasteiger partial charge in [0, 0.05) is 25.1 Å². The molecule has 1 saturated heterocycles. The highest BCUT2D eigenvalue weighted by molar-refractivity contribution is 5.95. The molecule has 0 spiro atoms. The molecule has 0 saturated carbocycles. The van der Waals surface area contributed by atoms with E-state index in [4.69, 9.17) is 4.42 Å². The van der Waals surface area contributed by atoms with Gasteiger partial charge in [-0.15, -0.1) is 5.10 Å². The van der Waals surface area contributed by atoms with Crippen LogP contribution in [0.2, 0.25) is 0 Å². The van der Waals surface area contributed by atoms with Crippen molar-refractivity contribution in [2.24, 2.45) is 0 Å². The fourth-order valence-corrected chi connectivity index (χ4v) is 3.69. The molecule has 1 amide bonds. The fourth-order valence-electron chi connectivity index (χ4n) is 3.69. The topological polar surface area (TPSA) is 71.3 Å². The number of nitrogens with one attached hydrogen (secondary N) is 1. The van der Waals surface area contributed by atoms with Crippen molar-refractivity contribution in [1.82, 2.24) is 15.5 Å². The van der Waals surface area contributed by atoms with Crippen LogP contribution < -0.4 is 10.2 Å². The molecule has 29 heavy (non-hydrogen) atoms. The minimum Gasteiger partial charge on any atom is -0.406 e. The summed E-state index contributed by atoms with van der Waals surface area (Å²) in [6, 6.07) is 17.7. The predicted octanol–water partition coefficient (Wildman–Crippen LogP) is 4.08. The number of nitrogens with zero attached hydrogens (tertiary/aromatic N) is 3. The molecular formula is C23H26N4O2. The number of aryl methyl sites for hydroxylation is 1. The zero-order valence-electron chi connectivity index (χ0n) is 16.7. The monoisotopic (exact) mass is 390 g/mol. The Kier molecular flexibility index (Phi) is 5.89. The Morgan fingerprint density at radius 3 is 2.52 bits per heavy atom. The van der Waals surface area contributed by atoms with Crippen LogP contribution in [0.1, 0.15) is 52.7 Å². The van der Waals surface area contributed by atoms with Crippen LogP contribution in [-0.2, 0) is 6.42 Å². The van der Waals surface area contributed by atoms with E-state index in [1.165, 1.54) is 6.42 Å². The number of carbonyl (C=O) groups excluding carboxylic acids is 1. The van der Waals surface area contributed by atoms with E-state index in [0.717, 1.165) is 37.1 Å². The van der Waals surface area contributed by atoms with Crippen molar-refractivity contribution in [3.63, 3.8) is 0 Å². The van der Waals surface area contributed by atoms with Gasteiger partial charge in [0.1, 0.15) is 6.04 Å². The molecule has 0 bridgehead atoms. The normalized spacial score (nSPS) is 15.1. The van der Waals surface area contributed by atoms with Gasteiger partial charge >= 0.3 is 6.01 Å². The number of aromatic nitrogens is 2. The lowest BCUT2D eigenvalue weighted by molar-refractivity contribution is 0.0929. The molecule has 1 aliphatic rings. The zero-order chi connectivity index (χ0) is 20.1. The molecule has 150 valence electrons. The lowest BCUT2D eigenvalue weighted by atomic mass is 10.0. The molecule has 2 heterocycles. The number of carbonyl (C=O) groups is 1. The van der Waals surface area contributed by atoms with Crippen molar-refractivity contribution >= 4 is 11.9 Å². The van der Waals surface area contributed by atoms with Crippen molar-refractivity contribution < 1.29 is 9.21 Å². The van der Waals surface area contributed by atoms with Gasteiger partial charge < -0.3 is 14.6 Å². The molecule has 1 aromatic heterocycles. The van der Waals surface area contributed by atoms with Crippen LogP contribution in [0.5, 0.6) is 0 Å². The van der Waals surface area contributed by atoms with Crippen LogP contribution in [0.15, 0.2) is 59.0 Å². The highest BCUT2D eigenvalue weighted by Gasteiger charge is 2.25. The molecule has 1 aliphatic heterocycles. The summed E-state index contributed by atoms with van der Waals surface area (Å²) in [4.78, 5) is 15.1. The molecule has 1 N–H and O–H groups in total. The third-order valence-corrected chi connectivity index (χ3v) is 5.33. The van der Waals surface area contributed by atoms with Crippen LogP contribution in [0, 0.1) is 6.92 Å². The second-order valence-corrected chi connectivity index (χ2v) is 7.50. The Morgan fingerprint density at radius 1 is 1.03 bits per heavy atom. The maximum atomic E-state index is 12.9. The summed E-state index contributed by atoms with van der Waals surface area (Å²) in [6.07, 6.45) is 4.09. The quantitative estimate of drug-likeness (QED) is 0.687. The van der Waals surface area contributed by atoms with Gasteiger partial charge in [-0.25, -0.2) is 0 Å². The van der Waals surface area contributed by atoms with E-state index >= 15 is 0 Å². The molecule has 3 aromatic rings. The zero-order valence-corrected chi connectivity index (χ0v) is 16.7. The summed E-state index contributed by atoms with van der Waals surface area (Å²) >= 11 is 0. The SMILES string of the molecule is Cc1ccccc1C(=O)N[C@@H](Cc1ccccc1)c1nnc(N2CCCCC2)o1. The van der Waals surface area contributed by atoms with Crippen LogP contribution in [-0.4, -0.2) is 29.2 Å². The first-order valence-electron chi connectivity index (χ1n) is 10.2. The van der Waals surface area contributed by atoms with Gasteiger partial charge in [0.15, 0.2) is 0 Å². The summed E-state index contributed by atoms with van der Waals surface area (Å²) in [5.41, 5.74) is 2.68. The highest BCUT2D eigenvalue weighted by Crippen LogP contribution is 2.24. The third kappa shape index (κ3) is 4.65. The van der Waals surface area contributed by atoms with E-state index in [1.54, 1.807) is 0 Å². The molecule has 2 aromatic carbocycles. The summed E-state index contributed by atoms with van der Waals surface area (Å²) in [6.45, 7) is 3.80. The van der Waals surface area contributed by atoms with Crippen LogP contribution in [0.4, 0.5) is 6.01 Å². The van der Waals surface area contributed by atoms with Crippen molar-refractivity contribution in [3.05, 3.63) is 77.2 Å². The number of amides is 1. The van der Waals surface area contributed by atoms with Gasteiger partial charge in [0.2, 0.25) is 5.89 Å². The molecule has 0 radical (unpaired) electrons. The van der Waals surface area contributed by atoms with Crippen molar-refractivity contribution in [1.29, 1.82) is 0 Å². The van der Waals surface area contributed by atoms with Crippen LogP contribution in [0.25, 0.3) is 0 Å². The second kappa shape index (κ2) is 8.90. The van der Waals surface area contributed by atoms with Crippen LogP contribution in [0.3, 0.4) is 0 Å². The molecule has 1 fully saturated rings. The maximum absolute atomic E-state index is 12.9. The molecular weight excluding hydrogens is 364 g/mol. The van der Waals surface area contributed by atoms with Crippen LogP contribution >= 0.6 is 0 Å². The molecule has 6 heteroatoms. The van der Waals surface area contributed by atoms with Gasteiger partial charge in [0.25, 0.3) is 5.91 Å². The Hall–Kier alpha value is -3.15. The minimum absolute atomic E-state index is 0.137. The standard InChI is InChI=1S/C23H26N4O2/c1-17-10-6-7-13-19(17)21(28)24-20(16-18-11-4-2-5-12-18)22-25-26-23(29-22)27-14-8-3-9-15-27/h2,4-7,10-13,20H,3,8-9,14-16H2,1H3,(H,24,28)/t20-/m0/s1. The third-order valence-electron chi connectivity index (χ3n) is 5.33. The van der Waals surface area contributed by atoms with E-state index < -0.39 is 6.04 Å². The smallest absolute Gasteiger partial charge is 0.318 e. The Bertz CT molecular complexity index is 948. The molecule has 0 aliphatic carbocycles. The largest absolute Gasteiger partial charge is 0.406 e. The van der Waals surface area contributed by atoms with E-state index in [9.17, 15) is 4.79 Å². The summed E-state index contributed by atoms with van der Waals surface area (Å²) < 4.78 is 6.01. The number of hydrogen-bond donors (Lipinski definition) is 1. The number of piperidine rings is 1. The number of hydrogen-bond acceptors (Lipinski definition) is 5. The lowest BCUT2D eigenvalue weighted by Crippen LogP contribution is -2.31. The van der Waals surface area contributed by atoms with E-state index in [-0.39, 0.29) is 5.91 Å².